The van der Waals surface area contributed by atoms with Gasteiger partial charge in [0, 0.05) is 25.2 Å². The largest absolute Gasteiger partial charge is 0.380 e. The molecule has 0 aromatic heterocycles. The van der Waals surface area contributed by atoms with Gasteiger partial charge < -0.3 is 10.1 Å². The van der Waals surface area contributed by atoms with Gasteiger partial charge in [0.2, 0.25) is 0 Å². The van der Waals surface area contributed by atoms with E-state index in [1.807, 2.05) is 0 Å². The molecule has 0 aromatic carbocycles. The lowest BCUT2D eigenvalue weighted by Gasteiger charge is -2.38. The van der Waals surface area contributed by atoms with Crippen molar-refractivity contribution >= 4 is 0 Å². The molecule has 0 spiro atoms. The molecule has 1 aliphatic rings. The van der Waals surface area contributed by atoms with Gasteiger partial charge in [-0.25, -0.2) is 0 Å². The normalized spacial score (nSPS) is 24.6. The molecule has 3 heteroatoms. The fraction of sp³-hybridized carbons (Fsp3) is 1.00. The number of hydrogen-bond donors (Lipinski definition) is 1. The number of hydrogen-bond acceptors (Lipinski definition) is 3. The van der Waals surface area contributed by atoms with Crippen molar-refractivity contribution in [3.63, 3.8) is 0 Å². The molecular weight excluding hydrogens is 248 g/mol. The first-order valence-electron chi connectivity index (χ1n) is 8.88. The highest BCUT2D eigenvalue weighted by molar-refractivity contribution is 4.85. The van der Waals surface area contributed by atoms with Crippen molar-refractivity contribution < 1.29 is 4.74 Å². The van der Waals surface area contributed by atoms with Crippen LogP contribution in [0.25, 0.3) is 0 Å². The van der Waals surface area contributed by atoms with Crippen molar-refractivity contribution in [2.75, 3.05) is 32.8 Å². The molecule has 120 valence electrons. The molecule has 1 aliphatic carbocycles. The van der Waals surface area contributed by atoms with E-state index in [1.165, 1.54) is 44.9 Å². The quantitative estimate of drug-likeness (QED) is 0.656. The van der Waals surface area contributed by atoms with E-state index in [2.05, 4.69) is 31.0 Å². The Bertz CT molecular complexity index is 221. The average molecular weight is 284 g/mol. The average Bonchev–Trinajstić information content (AvgIpc) is 2.44. The maximum atomic E-state index is 5.57. The van der Waals surface area contributed by atoms with Gasteiger partial charge in [0.1, 0.15) is 0 Å². The third-order valence-corrected chi connectivity index (χ3v) is 4.49. The second-order valence-corrected chi connectivity index (χ2v) is 5.95. The van der Waals surface area contributed by atoms with Gasteiger partial charge in [0.05, 0.1) is 6.61 Å². The molecular formula is C17H36N2O. The Labute approximate surface area is 126 Å². The summed E-state index contributed by atoms with van der Waals surface area (Å²) >= 11 is 0. The highest BCUT2D eigenvalue weighted by Crippen LogP contribution is 2.22. The first kappa shape index (κ1) is 17.9. The van der Waals surface area contributed by atoms with Crippen LogP contribution in [0.5, 0.6) is 0 Å². The molecule has 0 saturated heterocycles. The topological polar surface area (TPSA) is 24.5 Å². The van der Waals surface area contributed by atoms with Gasteiger partial charge in [-0.2, -0.15) is 0 Å². The van der Waals surface area contributed by atoms with Crippen molar-refractivity contribution in [2.24, 2.45) is 0 Å². The van der Waals surface area contributed by atoms with E-state index in [9.17, 15) is 0 Å². The smallest absolute Gasteiger partial charge is 0.0593 e. The lowest BCUT2D eigenvalue weighted by molar-refractivity contribution is 0.0771. The van der Waals surface area contributed by atoms with Gasteiger partial charge in [0.15, 0.2) is 0 Å². The molecule has 0 aromatic rings. The second kappa shape index (κ2) is 11.5. The minimum atomic E-state index is 0.678. The summed E-state index contributed by atoms with van der Waals surface area (Å²) < 4.78 is 5.57. The first-order chi connectivity index (χ1) is 9.83. The Morgan fingerprint density at radius 3 is 2.45 bits per heavy atom. The minimum absolute atomic E-state index is 0.678. The van der Waals surface area contributed by atoms with Crippen LogP contribution in [0.1, 0.15) is 65.7 Å². The zero-order valence-electron chi connectivity index (χ0n) is 14.0. The summed E-state index contributed by atoms with van der Waals surface area (Å²) in [7, 11) is 0. The molecule has 1 rings (SSSR count). The van der Waals surface area contributed by atoms with E-state index in [0.29, 0.717) is 12.1 Å². The summed E-state index contributed by atoms with van der Waals surface area (Å²) in [6, 6.07) is 1.38. The van der Waals surface area contributed by atoms with Crippen molar-refractivity contribution in [3.8, 4) is 0 Å². The fourth-order valence-electron chi connectivity index (χ4n) is 3.35. The Balaban J connectivity index is 2.58. The third-order valence-electron chi connectivity index (χ3n) is 4.49. The molecule has 3 nitrogen and oxygen atoms in total. The van der Waals surface area contributed by atoms with E-state index >= 15 is 0 Å². The number of nitrogens with zero attached hydrogens (tertiary/aromatic N) is 1. The molecule has 0 aliphatic heterocycles. The Morgan fingerprint density at radius 2 is 1.80 bits per heavy atom. The molecule has 1 saturated carbocycles. The number of ether oxygens (including phenoxy) is 1. The summed E-state index contributed by atoms with van der Waals surface area (Å²) in [5.74, 6) is 0. The van der Waals surface area contributed by atoms with E-state index < -0.39 is 0 Å². The van der Waals surface area contributed by atoms with Crippen LogP contribution in [0.2, 0.25) is 0 Å². The number of rotatable bonds is 9. The van der Waals surface area contributed by atoms with Gasteiger partial charge in [-0.05, 0) is 39.3 Å². The predicted octanol–water partition coefficient (Wildman–Crippen LogP) is 3.44. The molecule has 0 amide bonds. The Morgan fingerprint density at radius 1 is 1.05 bits per heavy atom. The van der Waals surface area contributed by atoms with Crippen LogP contribution in [0.15, 0.2) is 0 Å². The van der Waals surface area contributed by atoms with E-state index in [4.69, 9.17) is 4.74 Å². The predicted molar refractivity (Wildman–Crippen MR) is 87.3 cm³/mol. The Kier molecular flexibility index (Phi) is 10.3. The van der Waals surface area contributed by atoms with Crippen LogP contribution in [0.4, 0.5) is 0 Å². The van der Waals surface area contributed by atoms with Gasteiger partial charge in [-0.15, -0.1) is 0 Å². The van der Waals surface area contributed by atoms with Crippen molar-refractivity contribution in [1.82, 2.24) is 10.2 Å². The maximum Gasteiger partial charge on any atom is 0.0593 e. The van der Waals surface area contributed by atoms with E-state index in [0.717, 1.165) is 32.8 Å². The lowest BCUT2D eigenvalue weighted by Crippen LogP contribution is -2.51. The van der Waals surface area contributed by atoms with Gasteiger partial charge in [0.25, 0.3) is 0 Å². The zero-order valence-corrected chi connectivity index (χ0v) is 14.0. The summed E-state index contributed by atoms with van der Waals surface area (Å²) in [5, 5.41) is 3.81. The summed E-state index contributed by atoms with van der Waals surface area (Å²) in [5.41, 5.74) is 0. The fourth-order valence-corrected chi connectivity index (χ4v) is 3.35. The van der Waals surface area contributed by atoms with E-state index in [1.54, 1.807) is 0 Å². The molecule has 1 N–H and O–H groups in total. The van der Waals surface area contributed by atoms with Crippen LogP contribution in [-0.2, 0) is 4.74 Å². The summed E-state index contributed by atoms with van der Waals surface area (Å²) in [6.45, 7) is 11.7. The monoisotopic (exact) mass is 284 g/mol. The van der Waals surface area contributed by atoms with Crippen molar-refractivity contribution in [3.05, 3.63) is 0 Å². The van der Waals surface area contributed by atoms with Crippen molar-refractivity contribution in [2.45, 2.75) is 77.8 Å². The molecule has 1 fully saturated rings. The third kappa shape index (κ3) is 6.55. The number of likely N-dealkylation sites (N-methyl/N-ethyl adjacent to an activating group) is 1. The lowest BCUT2D eigenvalue weighted by atomic mass is 9.91. The second-order valence-electron chi connectivity index (χ2n) is 5.95. The highest BCUT2D eigenvalue weighted by atomic mass is 16.5. The standard InChI is InChI=1S/C17H36N2O/c1-4-13-18-16-11-9-7-8-10-12-17(16)19(5-2)14-15-20-6-3/h16-18H,4-15H2,1-3H3. The zero-order chi connectivity index (χ0) is 14.6. The molecule has 2 atom stereocenters. The maximum absolute atomic E-state index is 5.57. The minimum Gasteiger partial charge on any atom is -0.380 e. The van der Waals surface area contributed by atoms with Gasteiger partial charge >= 0.3 is 0 Å². The molecule has 20 heavy (non-hydrogen) atoms. The van der Waals surface area contributed by atoms with Crippen LogP contribution < -0.4 is 5.32 Å². The van der Waals surface area contributed by atoms with Gasteiger partial charge in [-0.1, -0.05) is 39.5 Å². The summed E-state index contributed by atoms with van der Waals surface area (Å²) in [4.78, 5) is 2.65. The van der Waals surface area contributed by atoms with Gasteiger partial charge in [-0.3, -0.25) is 4.90 Å². The SMILES string of the molecule is CCCNC1CCCCCCC1N(CC)CCOCC. The van der Waals surface area contributed by atoms with E-state index in [-0.39, 0.29) is 0 Å². The van der Waals surface area contributed by atoms with Crippen LogP contribution in [0, 0.1) is 0 Å². The number of nitrogens with one attached hydrogen (secondary N) is 1. The van der Waals surface area contributed by atoms with Crippen molar-refractivity contribution in [1.29, 1.82) is 0 Å². The van der Waals surface area contributed by atoms with Crippen LogP contribution in [0.3, 0.4) is 0 Å². The summed E-state index contributed by atoms with van der Waals surface area (Å²) in [6.07, 6.45) is 9.54. The van der Waals surface area contributed by atoms with Crippen LogP contribution >= 0.6 is 0 Å². The molecule has 0 radical (unpaired) electrons. The first-order valence-corrected chi connectivity index (χ1v) is 8.88. The molecule has 0 heterocycles. The Hall–Kier alpha value is -0.120. The van der Waals surface area contributed by atoms with Crippen LogP contribution in [-0.4, -0.2) is 49.8 Å². The molecule has 2 unspecified atom stereocenters. The molecule has 0 bridgehead atoms. The highest BCUT2D eigenvalue weighted by Gasteiger charge is 2.26.